The van der Waals surface area contributed by atoms with Crippen molar-refractivity contribution in [2.24, 2.45) is 0 Å². The molecular formula is C18H23N5. The van der Waals surface area contributed by atoms with Crippen molar-refractivity contribution in [3.05, 3.63) is 30.0 Å². The zero-order valence-corrected chi connectivity index (χ0v) is 13.4. The average molecular weight is 309 g/mol. The Morgan fingerprint density at radius 2 is 1.52 bits per heavy atom. The number of hydrogen-bond acceptors (Lipinski definition) is 5. The van der Waals surface area contributed by atoms with Gasteiger partial charge in [0.1, 0.15) is 5.82 Å². The van der Waals surface area contributed by atoms with Crippen LogP contribution in [0.25, 0.3) is 11.3 Å². The van der Waals surface area contributed by atoms with E-state index in [1.165, 1.54) is 57.1 Å². The number of rotatable bonds is 3. The van der Waals surface area contributed by atoms with Crippen LogP contribution in [0.1, 0.15) is 74.7 Å². The van der Waals surface area contributed by atoms with Crippen LogP contribution >= 0.6 is 0 Å². The minimum atomic E-state index is 0.300. The summed E-state index contributed by atoms with van der Waals surface area (Å²) in [6.07, 6.45) is 13.7. The predicted molar refractivity (Wildman–Crippen MR) is 89.9 cm³/mol. The molecule has 4 rings (SSSR count). The third-order valence-electron chi connectivity index (χ3n) is 5.22. The number of hydrogen-bond donors (Lipinski definition) is 1. The first-order valence-electron chi connectivity index (χ1n) is 8.76. The Morgan fingerprint density at radius 1 is 0.826 bits per heavy atom. The summed E-state index contributed by atoms with van der Waals surface area (Å²) in [5.41, 5.74) is 8.70. The largest absolute Gasteiger partial charge is 0.368 e. The van der Waals surface area contributed by atoms with Gasteiger partial charge in [-0.25, -0.2) is 19.9 Å². The van der Waals surface area contributed by atoms with Crippen molar-refractivity contribution >= 4 is 5.95 Å². The molecule has 2 aromatic heterocycles. The fraction of sp³-hybridized carbons (Fsp3) is 0.556. The lowest BCUT2D eigenvalue weighted by molar-refractivity contribution is 0.394. The summed E-state index contributed by atoms with van der Waals surface area (Å²) in [6, 6.07) is 2.15. The molecule has 0 unspecified atom stereocenters. The molecule has 0 aliphatic heterocycles. The van der Waals surface area contributed by atoms with Gasteiger partial charge in [0, 0.05) is 35.5 Å². The molecular weight excluding hydrogens is 286 g/mol. The molecule has 120 valence electrons. The Kier molecular flexibility index (Phi) is 3.93. The Bertz CT molecular complexity index is 672. The molecule has 2 aliphatic carbocycles. The van der Waals surface area contributed by atoms with Gasteiger partial charge >= 0.3 is 0 Å². The molecule has 23 heavy (non-hydrogen) atoms. The summed E-state index contributed by atoms with van der Waals surface area (Å²) in [5, 5.41) is 0. The van der Waals surface area contributed by atoms with E-state index in [2.05, 4.69) is 16.0 Å². The van der Waals surface area contributed by atoms with Gasteiger partial charge in [0.25, 0.3) is 0 Å². The van der Waals surface area contributed by atoms with Crippen LogP contribution in [0.5, 0.6) is 0 Å². The second-order valence-electron chi connectivity index (χ2n) is 6.83. The summed E-state index contributed by atoms with van der Waals surface area (Å²) in [4.78, 5) is 18.0. The Labute approximate surface area is 136 Å². The highest BCUT2D eigenvalue weighted by Gasteiger charge is 2.25. The molecule has 0 atom stereocenters. The van der Waals surface area contributed by atoms with Crippen LogP contribution in [-0.4, -0.2) is 19.9 Å². The molecule has 0 amide bonds. The van der Waals surface area contributed by atoms with Gasteiger partial charge in [0.15, 0.2) is 0 Å². The number of anilines is 1. The topological polar surface area (TPSA) is 77.6 Å². The molecule has 5 nitrogen and oxygen atoms in total. The monoisotopic (exact) mass is 309 g/mol. The van der Waals surface area contributed by atoms with E-state index < -0.39 is 0 Å². The molecule has 0 aromatic carbocycles. The fourth-order valence-electron chi connectivity index (χ4n) is 3.56. The third kappa shape index (κ3) is 3.05. The summed E-state index contributed by atoms with van der Waals surface area (Å²) in [5.74, 6) is 2.44. The van der Waals surface area contributed by atoms with E-state index in [-0.39, 0.29) is 0 Å². The van der Waals surface area contributed by atoms with Gasteiger partial charge in [0.2, 0.25) is 5.95 Å². The van der Waals surface area contributed by atoms with Gasteiger partial charge in [-0.3, -0.25) is 0 Å². The minimum absolute atomic E-state index is 0.300. The lowest BCUT2D eigenvalue weighted by Crippen LogP contribution is -2.16. The highest BCUT2D eigenvalue weighted by Crippen LogP contribution is 2.38. The number of nitrogens with two attached hydrogens (primary N) is 1. The van der Waals surface area contributed by atoms with Crippen molar-refractivity contribution in [3.8, 4) is 11.3 Å². The van der Waals surface area contributed by atoms with Crippen LogP contribution in [-0.2, 0) is 0 Å². The smallest absolute Gasteiger partial charge is 0.219 e. The fourth-order valence-corrected chi connectivity index (χ4v) is 3.56. The van der Waals surface area contributed by atoms with Gasteiger partial charge in [-0.05, 0) is 31.7 Å². The van der Waals surface area contributed by atoms with Gasteiger partial charge < -0.3 is 5.73 Å². The summed E-state index contributed by atoms with van der Waals surface area (Å²) >= 11 is 0. The molecule has 2 aromatic rings. The molecule has 0 spiro atoms. The molecule has 0 radical (unpaired) electrons. The highest BCUT2D eigenvalue weighted by atomic mass is 15.0. The van der Waals surface area contributed by atoms with Gasteiger partial charge in [0.05, 0.1) is 5.69 Å². The standard InChI is InChI=1S/C18H23N5/c19-18-20-10-14(11-21-18)16-9-15(12-5-2-1-3-6-12)22-17(23-16)13-7-4-8-13/h9-13H,1-8H2,(H2,19,20,21). The molecule has 2 N–H and O–H groups in total. The molecule has 2 saturated carbocycles. The molecule has 2 heterocycles. The van der Waals surface area contributed by atoms with Crippen molar-refractivity contribution in [2.45, 2.75) is 63.2 Å². The SMILES string of the molecule is Nc1ncc(-c2cc(C3CCCCC3)nc(C3CCC3)n2)cn1. The van der Waals surface area contributed by atoms with E-state index in [1.807, 2.05) is 0 Å². The predicted octanol–water partition coefficient (Wildman–Crippen LogP) is 3.83. The molecule has 0 saturated heterocycles. The normalized spacial score (nSPS) is 19.5. The zero-order chi connectivity index (χ0) is 15.6. The zero-order valence-electron chi connectivity index (χ0n) is 13.4. The van der Waals surface area contributed by atoms with Crippen LogP contribution in [0.4, 0.5) is 5.95 Å². The van der Waals surface area contributed by atoms with Crippen molar-refractivity contribution in [2.75, 3.05) is 5.73 Å². The molecule has 5 heteroatoms. The van der Waals surface area contributed by atoms with E-state index in [0.717, 1.165) is 17.1 Å². The maximum absolute atomic E-state index is 5.61. The molecule has 2 aliphatic rings. The first-order chi connectivity index (χ1) is 11.3. The quantitative estimate of drug-likeness (QED) is 0.932. The Balaban J connectivity index is 1.73. The third-order valence-corrected chi connectivity index (χ3v) is 5.22. The second kappa shape index (κ2) is 6.22. The average Bonchev–Trinajstić information content (AvgIpc) is 2.54. The minimum Gasteiger partial charge on any atom is -0.368 e. The first-order valence-corrected chi connectivity index (χ1v) is 8.76. The van der Waals surface area contributed by atoms with Crippen molar-refractivity contribution in [1.82, 2.24) is 19.9 Å². The van der Waals surface area contributed by atoms with E-state index >= 15 is 0 Å². The summed E-state index contributed by atoms with van der Waals surface area (Å²) < 4.78 is 0. The van der Waals surface area contributed by atoms with Crippen molar-refractivity contribution < 1.29 is 0 Å². The van der Waals surface area contributed by atoms with Gasteiger partial charge in [-0.2, -0.15) is 0 Å². The van der Waals surface area contributed by atoms with E-state index in [9.17, 15) is 0 Å². The van der Waals surface area contributed by atoms with Crippen LogP contribution in [0.15, 0.2) is 18.5 Å². The van der Waals surface area contributed by atoms with E-state index in [1.54, 1.807) is 12.4 Å². The van der Waals surface area contributed by atoms with Crippen molar-refractivity contribution in [1.29, 1.82) is 0 Å². The van der Waals surface area contributed by atoms with Crippen LogP contribution in [0.3, 0.4) is 0 Å². The summed E-state index contributed by atoms with van der Waals surface area (Å²) in [6.45, 7) is 0. The molecule has 0 bridgehead atoms. The van der Waals surface area contributed by atoms with Crippen LogP contribution in [0.2, 0.25) is 0 Å². The van der Waals surface area contributed by atoms with Gasteiger partial charge in [-0.1, -0.05) is 25.7 Å². The Hall–Kier alpha value is -2.04. The maximum Gasteiger partial charge on any atom is 0.219 e. The lowest BCUT2D eigenvalue weighted by atomic mass is 9.83. The highest BCUT2D eigenvalue weighted by molar-refractivity contribution is 5.58. The van der Waals surface area contributed by atoms with Crippen LogP contribution in [0, 0.1) is 0 Å². The summed E-state index contributed by atoms with van der Waals surface area (Å²) in [7, 11) is 0. The number of nitrogen functional groups attached to an aromatic ring is 1. The van der Waals surface area contributed by atoms with Crippen LogP contribution < -0.4 is 5.73 Å². The second-order valence-corrected chi connectivity index (χ2v) is 6.83. The van der Waals surface area contributed by atoms with Crippen molar-refractivity contribution in [3.63, 3.8) is 0 Å². The lowest BCUT2D eigenvalue weighted by Gasteiger charge is -2.27. The maximum atomic E-state index is 5.61. The van der Waals surface area contributed by atoms with E-state index in [0.29, 0.717) is 17.8 Å². The van der Waals surface area contributed by atoms with E-state index in [4.69, 9.17) is 15.7 Å². The first kappa shape index (κ1) is 14.5. The Morgan fingerprint density at radius 3 is 2.17 bits per heavy atom. The molecule has 2 fully saturated rings. The van der Waals surface area contributed by atoms with Gasteiger partial charge in [-0.15, -0.1) is 0 Å². The number of aromatic nitrogens is 4. The number of nitrogens with zero attached hydrogens (tertiary/aromatic N) is 4.